The molecule has 1 amide bonds. The van der Waals surface area contributed by atoms with Crippen LogP contribution < -0.4 is 10.1 Å². The number of methoxy groups -OCH3 is 1. The number of amides is 1. The molecule has 1 aliphatic heterocycles. The molecule has 1 aromatic heterocycles. The number of ether oxygens (including phenoxy) is 1. The summed E-state index contributed by atoms with van der Waals surface area (Å²) in [5, 5.41) is 14.0. The van der Waals surface area contributed by atoms with Crippen molar-refractivity contribution in [1.29, 1.82) is 0 Å². The van der Waals surface area contributed by atoms with E-state index in [0.29, 0.717) is 52.9 Å². The van der Waals surface area contributed by atoms with Crippen LogP contribution in [-0.2, 0) is 19.3 Å². The van der Waals surface area contributed by atoms with E-state index in [9.17, 15) is 23.1 Å². The van der Waals surface area contributed by atoms with Gasteiger partial charge in [-0.15, -0.1) is 0 Å². The number of carbonyl (C=O) groups excluding carboxylic acids is 1. The molecule has 1 aliphatic rings. The molecule has 1 fully saturated rings. The summed E-state index contributed by atoms with van der Waals surface area (Å²) < 4.78 is 44.3. The second-order valence-electron chi connectivity index (χ2n) is 9.89. The Labute approximate surface area is 230 Å². The van der Waals surface area contributed by atoms with Gasteiger partial charge in [-0.3, -0.25) is 4.79 Å². The number of rotatable bonds is 7. The van der Waals surface area contributed by atoms with Crippen LogP contribution in [-0.4, -0.2) is 34.6 Å². The number of carbonyl (C=O) groups is 1. The van der Waals surface area contributed by atoms with Gasteiger partial charge in [0, 0.05) is 29.6 Å². The van der Waals surface area contributed by atoms with Crippen LogP contribution in [0, 0.1) is 0 Å². The molecule has 208 valence electrons. The number of aliphatic hydroxyl groups excluding tert-OH is 1. The highest BCUT2D eigenvalue weighted by Crippen LogP contribution is 2.35. The van der Waals surface area contributed by atoms with Gasteiger partial charge in [0.05, 0.1) is 30.8 Å². The van der Waals surface area contributed by atoms with Crippen molar-refractivity contribution in [2.45, 2.75) is 44.6 Å². The maximum Gasteiger partial charge on any atom is 0.416 e. The van der Waals surface area contributed by atoms with Crippen LogP contribution in [0.2, 0.25) is 0 Å². The topological polar surface area (TPSA) is 74.7 Å². The SMILES string of the molecule is COc1ccc(CNc2nc3ccc(C(=O)N4CCCCC4c4ccc(C(F)(F)F)cc4)cc3cc2CO)cc1. The first-order chi connectivity index (χ1) is 19.3. The lowest BCUT2D eigenvalue weighted by molar-refractivity contribution is -0.137. The van der Waals surface area contributed by atoms with Gasteiger partial charge in [0.15, 0.2) is 0 Å². The van der Waals surface area contributed by atoms with Crippen LogP contribution in [0.3, 0.4) is 0 Å². The second kappa shape index (κ2) is 11.6. The fourth-order valence-electron chi connectivity index (χ4n) is 5.14. The van der Waals surface area contributed by atoms with Gasteiger partial charge in [-0.2, -0.15) is 13.2 Å². The van der Waals surface area contributed by atoms with E-state index < -0.39 is 11.7 Å². The minimum Gasteiger partial charge on any atom is -0.497 e. The number of piperidine rings is 1. The zero-order valence-electron chi connectivity index (χ0n) is 22.0. The third kappa shape index (κ3) is 5.89. The Morgan fingerprint density at radius 3 is 2.48 bits per heavy atom. The molecule has 1 atom stereocenters. The van der Waals surface area contributed by atoms with Crippen molar-refractivity contribution in [3.05, 3.63) is 101 Å². The number of nitrogens with zero attached hydrogens (tertiary/aromatic N) is 2. The first kappa shape index (κ1) is 27.5. The average Bonchev–Trinajstić information content (AvgIpc) is 2.98. The number of nitrogens with one attached hydrogen (secondary N) is 1. The molecule has 40 heavy (non-hydrogen) atoms. The van der Waals surface area contributed by atoms with Crippen LogP contribution in [0.4, 0.5) is 19.0 Å². The Bertz CT molecular complexity index is 1490. The quantitative estimate of drug-likeness (QED) is 0.267. The number of benzene rings is 3. The first-order valence-electron chi connectivity index (χ1n) is 13.2. The van der Waals surface area contributed by atoms with Gasteiger partial charge in [0.1, 0.15) is 11.6 Å². The molecule has 0 bridgehead atoms. The molecule has 0 spiro atoms. The minimum absolute atomic E-state index is 0.182. The van der Waals surface area contributed by atoms with Crippen molar-refractivity contribution in [1.82, 2.24) is 9.88 Å². The maximum absolute atomic E-state index is 13.6. The molecule has 1 saturated heterocycles. The smallest absolute Gasteiger partial charge is 0.416 e. The highest BCUT2D eigenvalue weighted by Gasteiger charge is 2.32. The zero-order chi connectivity index (χ0) is 28.3. The van der Waals surface area contributed by atoms with Crippen molar-refractivity contribution in [2.75, 3.05) is 19.0 Å². The lowest BCUT2D eigenvalue weighted by Gasteiger charge is -2.36. The molecule has 1 unspecified atom stereocenters. The number of aromatic nitrogens is 1. The second-order valence-corrected chi connectivity index (χ2v) is 9.89. The molecule has 9 heteroatoms. The van der Waals surface area contributed by atoms with E-state index in [0.717, 1.165) is 36.3 Å². The van der Waals surface area contributed by atoms with E-state index in [1.54, 1.807) is 30.2 Å². The Kier molecular flexibility index (Phi) is 7.93. The van der Waals surface area contributed by atoms with Gasteiger partial charge in [-0.05, 0) is 78.9 Å². The maximum atomic E-state index is 13.6. The minimum atomic E-state index is -4.40. The van der Waals surface area contributed by atoms with E-state index in [2.05, 4.69) is 10.3 Å². The van der Waals surface area contributed by atoms with Gasteiger partial charge in [0.2, 0.25) is 0 Å². The van der Waals surface area contributed by atoms with Gasteiger partial charge in [-0.25, -0.2) is 4.98 Å². The summed E-state index contributed by atoms with van der Waals surface area (Å²) in [6.07, 6.45) is -2.00. The van der Waals surface area contributed by atoms with Crippen LogP contribution in [0.1, 0.15) is 57.9 Å². The summed E-state index contributed by atoms with van der Waals surface area (Å²) in [7, 11) is 1.61. The Morgan fingerprint density at radius 2 is 1.80 bits per heavy atom. The molecule has 3 aromatic carbocycles. The summed E-state index contributed by atoms with van der Waals surface area (Å²) in [6.45, 7) is 0.803. The number of pyridine rings is 1. The number of aliphatic hydroxyl groups is 1. The number of alkyl halides is 3. The summed E-state index contributed by atoms with van der Waals surface area (Å²) >= 11 is 0. The average molecular weight is 550 g/mol. The molecular formula is C31H30F3N3O3. The number of hydrogen-bond donors (Lipinski definition) is 2. The first-order valence-corrected chi connectivity index (χ1v) is 13.2. The molecule has 2 N–H and O–H groups in total. The van der Waals surface area contributed by atoms with Crippen LogP contribution in [0.25, 0.3) is 10.9 Å². The molecule has 0 saturated carbocycles. The van der Waals surface area contributed by atoms with Gasteiger partial charge < -0.3 is 20.1 Å². The number of anilines is 1. The van der Waals surface area contributed by atoms with Crippen molar-refractivity contribution < 1.29 is 27.8 Å². The molecule has 0 radical (unpaired) electrons. The Morgan fingerprint density at radius 1 is 1.05 bits per heavy atom. The van der Waals surface area contributed by atoms with Crippen LogP contribution >= 0.6 is 0 Å². The van der Waals surface area contributed by atoms with Crippen LogP contribution in [0.15, 0.2) is 72.8 Å². The molecular weight excluding hydrogens is 519 g/mol. The number of likely N-dealkylation sites (tertiary alicyclic amines) is 1. The van der Waals surface area contributed by atoms with Crippen molar-refractivity contribution >= 4 is 22.6 Å². The molecule has 6 nitrogen and oxygen atoms in total. The van der Waals surface area contributed by atoms with E-state index >= 15 is 0 Å². The van der Waals surface area contributed by atoms with Crippen molar-refractivity contribution in [2.24, 2.45) is 0 Å². The predicted octanol–water partition coefficient (Wildman–Crippen LogP) is 6.73. The number of fused-ring (bicyclic) bond motifs is 1. The highest BCUT2D eigenvalue weighted by atomic mass is 19.4. The summed E-state index contributed by atoms with van der Waals surface area (Å²) in [6, 6.07) is 19.5. The third-order valence-electron chi connectivity index (χ3n) is 7.32. The Hall–Kier alpha value is -4.11. The molecule has 5 rings (SSSR count). The van der Waals surface area contributed by atoms with E-state index in [4.69, 9.17) is 4.74 Å². The number of hydrogen-bond acceptors (Lipinski definition) is 5. The zero-order valence-corrected chi connectivity index (χ0v) is 22.0. The lowest BCUT2D eigenvalue weighted by atomic mass is 9.93. The monoisotopic (exact) mass is 549 g/mol. The lowest BCUT2D eigenvalue weighted by Crippen LogP contribution is -2.38. The fourth-order valence-corrected chi connectivity index (χ4v) is 5.14. The van der Waals surface area contributed by atoms with Gasteiger partial charge >= 0.3 is 6.18 Å². The van der Waals surface area contributed by atoms with E-state index in [-0.39, 0.29) is 18.6 Å². The van der Waals surface area contributed by atoms with Crippen molar-refractivity contribution in [3.63, 3.8) is 0 Å². The standard InChI is InChI=1S/C31H30F3N3O3/c1-40-26-12-5-20(6-13-26)18-35-29-24(19-38)17-23-16-22(9-14-27(23)36-29)30(39)37-15-3-2-4-28(37)21-7-10-25(11-8-21)31(32,33)34/h5-14,16-17,28,38H,2-4,15,18-19H2,1H3,(H,35,36). The van der Waals surface area contributed by atoms with Crippen molar-refractivity contribution in [3.8, 4) is 5.75 Å². The predicted molar refractivity (Wildman–Crippen MR) is 147 cm³/mol. The summed E-state index contributed by atoms with van der Waals surface area (Å²) in [5.74, 6) is 1.14. The fraction of sp³-hybridized carbons (Fsp3) is 0.290. The van der Waals surface area contributed by atoms with Gasteiger partial charge in [-0.1, -0.05) is 24.3 Å². The van der Waals surface area contributed by atoms with E-state index in [1.807, 2.05) is 30.3 Å². The van der Waals surface area contributed by atoms with Gasteiger partial charge in [0.25, 0.3) is 5.91 Å². The number of halogens is 3. The third-order valence-corrected chi connectivity index (χ3v) is 7.32. The Balaban J connectivity index is 1.37. The summed E-state index contributed by atoms with van der Waals surface area (Å²) in [5.41, 5.74) is 2.76. The molecule has 2 heterocycles. The normalized spacial score (nSPS) is 15.7. The molecule has 4 aromatic rings. The highest BCUT2D eigenvalue weighted by molar-refractivity contribution is 5.98. The largest absolute Gasteiger partial charge is 0.497 e. The summed E-state index contributed by atoms with van der Waals surface area (Å²) in [4.78, 5) is 20.1. The molecule has 0 aliphatic carbocycles. The van der Waals surface area contributed by atoms with Crippen LogP contribution in [0.5, 0.6) is 5.75 Å². The van der Waals surface area contributed by atoms with E-state index in [1.165, 1.54) is 12.1 Å².